The van der Waals surface area contributed by atoms with Gasteiger partial charge in [0.25, 0.3) is 0 Å². The van der Waals surface area contributed by atoms with Gasteiger partial charge in [-0.1, -0.05) is 37.3 Å². The van der Waals surface area contributed by atoms with Crippen LogP contribution in [0.5, 0.6) is 0 Å². The quantitative estimate of drug-likeness (QED) is 0.812. The molecule has 0 unspecified atom stereocenters. The molecule has 0 fully saturated rings. The molecule has 2 rings (SSSR count). The number of hydrogen-bond donors (Lipinski definition) is 1. The van der Waals surface area contributed by atoms with Crippen molar-refractivity contribution in [2.45, 2.75) is 19.1 Å². The highest BCUT2D eigenvalue weighted by Crippen LogP contribution is 2.21. The molecule has 0 atom stereocenters. The Bertz CT molecular complexity index is 514. The first-order valence-electron chi connectivity index (χ1n) is 6.52. The van der Waals surface area contributed by atoms with E-state index in [1.807, 2.05) is 43.1 Å². The van der Waals surface area contributed by atoms with Crippen LogP contribution in [-0.2, 0) is 5.75 Å². The Morgan fingerprint density at radius 3 is 2.63 bits per heavy atom. The number of anilines is 1. The van der Waals surface area contributed by atoms with E-state index in [1.54, 1.807) is 0 Å². The normalized spacial score (nSPS) is 10.4. The SMILES string of the molecule is CCCSCc1nc(NC)cc(-c2ccccc2)n1. The number of thioether (sulfide) groups is 1. The van der Waals surface area contributed by atoms with E-state index < -0.39 is 0 Å². The first-order chi connectivity index (χ1) is 9.33. The Morgan fingerprint density at radius 2 is 1.95 bits per heavy atom. The van der Waals surface area contributed by atoms with Crippen molar-refractivity contribution in [3.8, 4) is 11.3 Å². The van der Waals surface area contributed by atoms with Gasteiger partial charge in [-0.25, -0.2) is 9.97 Å². The highest BCUT2D eigenvalue weighted by Gasteiger charge is 2.05. The number of benzene rings is 1. The van der Waals surface area contributed by atoms with Gasteiger partial charge in [0.2, 0.25) is 0 Å². The number of rotatable bonds is 6. The standard InChI is InChI=1S/C15H19N3S/c1-3-9-19-11-15-17-13(10-14(16-2)18-15)12-7-5-4-6-8-12/h4-8,10H,3,9,11H2,1-2H3,(H,16,17,18). The minimum Gasteiger partial charge on any atom is -0.373 e. The minimum absolute atomic E-state index is 0.864. The minimum atomic E-state index is 0.864. The highest BCUT2D eigenvalue weighted by molar-refractivity contribution is 7.98. The summed E-state index contributed by atoms with van der Waals surface area (Å²) in [4.78, 5) is 9.16. The third-order valence-electron chi connectivity index (χ3n) is 2.68. The predicted octanol–water partition coefficient (Wildman–Crippen LogP) is 3.83. The van der Waals surface area contributed by atoms with Crippen molar-refractivity contribution >= 4 is 17.6 Å². The molecule has 0 aliphatic carbocycles. The first-order valence-corrected chi connectivity index (χ1v) is 7.68. The van der Waals surface area contributed by atoms with Gasteiger partial charge in [-0.15, -0.1) is 0 Å². The lowest BCUT2D eigenvalue weighted by Crippen LogP contribution is -2.01. The summed E-state index contributed by atoms with van der Waals surface area (Å²) in [6.07, 6.45) is 1.18. The van der Waals surface area contributed by atoms with Crippen molar-refractivity contribution in [3.63, 3.8) is 0 Å². The first kappa shape index (κ1) is 13.9. The molecule has 0 saturated carbocycles. The van der Waals surface area contributed by atoms with E-state index in [0.717, 1.165) is 34.4 Å². The fourth-order valence-corrected chi connectivity index (χ4v) is 2.50. The maximum absolute atomic E-state index is 4.65. The predicted molar refractivity (Wildman–Crippen MR) is 83.5 cm³/mol. The third-order valence-corrected chi connectivity index (χ3v) is 3.84. The third kappa shape index (κ3) is 3.96. The molecule has 19 heavy (non-hydrogen) atoms. The van der Waals surface area contributed by atoms with Gasteiger partial charge < -0.3 is 5.32 Å². The van der Waals surface area contributed by atoms with Crippen molar-refractivity contribution in [3.05, 3.63) is 42.2 Å². The van der Waals surface area contributed by atoms with Crippen molar-refractivity contribution in [2.75, 3.05) is 18.1 Å². The molecule has 1 heterocycles. The van der Waals surface area contributed by atoms with Gasteiger partial charge in [-0.2, -0.15) is 11.8 Å². The van der Waals surface area contributed by atoms with Gasteiger partial charge in [0, 0.05) is 18.7 Å². The fraction of sp³-hybridized carbons (Fsp3) is 0.333. The van der Waals surface area contributed by atoms with Gasteiger partial charge in [-0.05, 0) is 12.2 Å². The van der Waals surface area contributed by atoms with Gasteiger partial charge in [0.15, 0.2) is 0 Å². The summed E-state index contributed by atoms with van der Waals surface area (Å²) >= 11 is 1.88. The molecule has 0 aliphatic rings. The summed E-state index contributed by atoms with van der Waals surface area (Å²) in [7, 11) is 1.89. The molecule has 0 bridgehead atoms. The maximum atomic E-state index is 4.65. The van der Waals surface area contributed by atoms with Gasteiger partial charge >= 0.3 is 0 Å². The fourth-order valence-electron chi connectivity index (χ4n) is 1.75. The molecular formula is C15H19N3S. The largest absolute Gasteiger partial charge is 0.373 e. The van der Waals surface area contributed by atoms with Crippen LogP contribution in [0.25, 0.3) is 11.3 Å². The molecule has 3 nitrogen and oxygen atoms in total. The number of aromatic nitrogens is 2. The summed E-state index contributed by atoms with van der Waals surface area (Å²) in [6, 6.07) is 12.2. The van der Waals surface area contributed by atoms with E-state index in [-0.39, 0.29) is 0 Å². The van der Waals surface area contributed by atoms with Crippen LogP contribution in [-0.4, -0.2) is 22.8 Å². The molecule has 1 aromatic carbocycles. The Morgan fingerprint density at radius 1 is 1.16 bits per heavy atom. The number of nitrogens with one attached hydrogen (secondary N) is 1. The van der Waals surface area contributed by atoms with E-state index in [0.29, 0.717) is 0 Å². The second-order valence-electron chi connectivity index (χ2n) is 4.22. The maximum Gasteiger partial charge on any atom is 0.141 e. The van der Waals surface area contributed by atoms with Crippen LogP contribution in [0.2, 0.25) is 0 Å². The molecule has 0 saturated heterocycles. The Kier molecular flexibility index (Phi) is 5.21. The lowest BCUT2D eigenvalue weighted by Gasteiger charge is -2.07. The molecule has 0 aliphatic heterocycles. The summed E-state index contributed by atoms with van der Waals surface area (Å²) in [5.74, 6) is 3.78. The summed E-state index contributed by atoms with van der Waals surface area (Å²) in [5.41, 5.74) is 2.11. The van der Waals surface area contributed by atoms with Crippen LogP contribution in [0.4, 0.5) is 5.82 Å². The summed E-state index contributed by atoms with van der Waals surface area (Å²) < 4.78 is 0. The second kappa shape index (κ2) is 7.14. The van der Waals surface area contributed by atoms with Gasteiger partial charge in [0.05, 0.1) is 11.4 Å². The van der Waals surface area contributed by atoms with Crippen LogP contribution in [0.1, 0.15) is 19.2 Å². The molecule has 0 amide bonds. The van der Waals surface area contributed by atoms with Crippen LogP contribution in [0, 0.1) is 0 Å². The zero-order valence-electron chi connectivity index (χ0n) is 11.4. The molecular weight excluding hydrogens is 254 g/mol. The van der Waals surface area contributed by atoms with Crippen molar-refractivity contribution in [2.24, 2.45) is 0 Å². The van der Waals surface area contributed by atoms with Gasteiger partial charge in [0.1, 0.15) is 11.6 Å². The van der Waals surface area contributed by atoms with Crippen LogP contribution in [0.15, 0.2) is 36.4 Å². The van der Waals surface area contributed by atoms with E-state index in [4.69, 9.17) is 0 Å². The van der Waals surface area contributed by atoms with E-state index in [9.17, 15) is 0 Å². The second-order valence-corrected chi connectivity index (χ2v) is 5.33. The lowest BCUT2D eigenvalue weighted by atomic mass is 10.1. The van der Waals surface area contributed by atoms with Crippen LogP contribution < -0.4 is 5.32 Å². The molecule has 1 aromatic heterocycles. The lowest BCUT2D eigenvalue weighted by molar-refractivity contribution is 1.03. The van der Waals surface area contributed by atoms with Crippen LogP contribution in [0.3, 0.4) is 0 Å². The molecule has 4 heteroatoms. The van der Waals surface area contributed by atoms with Gasteiger partial charge in [-0.3, -0.25) is 0 Å². The summed E-state index contributed by atoms with van der Waals surface area (Å²) in [6.45, 7) is 2.19. The average molecular weight is 273 g/mol. The average Bonchev–Trinajstić information content (AvgIpc) is 2.48. The number of hydrogen-bond acceptors (Lipinski definition) is 4. The monoisotopic (exact) mass is 273 g/mol. The molecule has 2 aromatic rings. The highest BCUT2D eigenvalue weighted by atomic mass is 32.2. The van der Waals surface area contributed by atoms with Crippen LogP contribution >= 0.6 is 11.8 Å². The van der Waals surface area contributed by atoms with Crippen molar-refractivity contribution in [1.29, 1.82) is 0 Å². The zero-order valence-corrected chi connectivity index (χ0v) is 12.2. The molecule has 100 valence electrons. The Labute approximate surface area is 118 Å². The summed E-state index contributed by atoms with van der Waals surface area (Å²) in [5, 5.41) is 3.11. The topological polar surface area (TPSA) is 37.8 Å². The Balaban J connectivity index is 2.26. The van der Waals surface area contributed by atoms with E-state index in [1.165, 1.54) is 6.42 Å². The zero-order chi connectivity index (χ0) is 13.5. The molecule has 0 radical (unpaired) electrons. The van der Waals surface area contributed by atoms with Crippen molar-refractivity contribution in [1.82, 2.24) is 9.97 Å². The van der Waals surface area contributed by atoms with Crippen molar-refractivity contribution < 1.29 is 0 Å². The molecule has 1 N–H and O–H groups in total. The van der Waals surface area contributed by atoms with E-state index in [2.05, 4.69) is 34.3 Å². The molecule has 0 spiro atoms. The van der Waals surface area contributed by atoms with E-state index >= 15 is 0 Å². The smallest absolute Gasteiger partial charge is 0.141 e. The Hall–Kier alpha value is -1.55. The number of nitrogens with zero attached hydrogens (tertiary/aromatic N) is 2.